The average molecular weight is 343 g/mol. The Balaban J connectivity index is 2.36. The third-order valence-electron chi connectivity index (χ3n) is 3.54. The fourth-order valence-corrected chi connectivity index (χ4v) is 3.29. The summed E-state index contributed by atoms with van der Waals surface area (Å²) in [6.45, 7) is 0. The Labute approximate surface area is 132 Å². The van der Waals surface area contributed by atoms with Crippen LogP contribution in [0.15, 0.2) is 59.1 Å². The minimum absolute atomic E-state index is 0.818. The number of methoxy groups -OCH3 is 2. The summed E-state index contributed by atoms with van der Waals surface area (Å²) in [6, 6.07) is 18.3. The smallest absolute Gasteiger partial charge is 0.141 e. The Morgan fingerprint density at radius 2 is 1.52 bits per heavy atom. The number of ether oxygens (including phenoxy) is 2. The molecule has 3 rings (SSSR count). The van der Waals surface area contributed by atoms with E-state index in [4.69, 9.17) is 9.47 Å². The van der Waals surface area contributed by atoms with Crippen LogP contribution in [0.2, 0.25) is 0 Å². The van der Waals surface area contributed by atoms with Crippen molar-refractivity contribution in [3.63, 3.8) is 0 Å². The van der Waals surface area contributed by atoms with Crippen LogP contribution in [0.5, 0.6) is 11.5 Å². The van der Waals surface area contributed by atoms with Gasteiger partial charge in [-0.25, -0.2) is 0 Å². The largest absolute Gasteiger partial charge is 0.496 e. The van der Waals surface area contributed by atoms with Crippen LogP contribution in [-0.4, -0.2) is 14.2 Å². The van der Waals surface area contributed by atoms with E-state index in [0.29, 0.717) is 0 Å². The third-order valence-corrected chi connectivity index (χ3v) is 4.33. The van der Waals surface area contributed by atoms with Gasteiger partial charge in [-0.3, -0.25) is 0 Å². The van der Waals surface area contributed by atoms with Crippen LogP contribution in [0.25, 0.3) is 21.9 Å². The molecule has 0 heterocycles. The monoisotopic (exact) mass is 342 g/mol. The normalized spacial score (nSPS) is 10.6. The zero-order valence-corrected chi connectivity index (χ0v) is 13.5. The van der Waals surface area contributed by atoms with Crippen molar-refractivity contribution in [3.8, 4) is 22.6 Å². The lowest BCUT2D eigenvalue weighted by Crippen LogP contribution is -1.93. The number of fused-ring (bicyclic) bond motifs is 1. The summed E-state index contributed by atoms with van der Waals surface area (Å²) in [5.41, 5.74) is 2.03. The molecule has 0 N–H and O–H groups in total. The quantitative estimate of drug-likeness (QED) is 0.644. The van der Waals surface area contributed by atoms with Gasteiger partial charge >= 0.3 is 0 Å². The first-order valence-electron chi connectivity index (χ1n) is 6.65. The molecular formula is C18H15BrO2. The predicted octanol–water partition coefficient (Wildman–Crippen LogP) is 5.29. The van der Waals surface area contributed by atoms with Crippen molar-refractivity contribution in [2.75, 3.05) is 14.2 Å². The van der Waals surface area contributed by atoms with Gasteiger partial charge in [-0.1, -0.05) is 42.5 Å². The standard InChI is InChI=1S/C18H15BrO2/c1-20-16-10-6-5-9-14(16)15-11-12-7-3-4-8-13(12)17(19)18(15)21-2/h3-11H,1-2H3. The molecule has 0 atom stereocenters. The van der Waals surface area contributed by atoms with Crippen molar-refractivity contribution in [2.24, 2.45) is 0 Å². The minimum atomic E-state index is 0.818. The maximum absolute atomic E-state index is 5.64. The maximum Gasteiger partial charge on any atom is 0.141 e. The topological polar surface area (TPSA) is 18.5 Å². The van der Waals surface area contributed by atoms with Crippen molar-refractivity contribution < 1.29 is 9.47 Å². The van der Waals surface area contributed by atoms with Gasteiger partial charge < -0.3 is 9.47 Å². The van der Waals surface area contributed by atoms with Crippen LogP contribution in [0.3, 0.4) is 0 Å². The van der Waals surface area contributed by atoms with Crippen LogP contribution in [-0.2, 0) is 0 Å². The summed E-state index contributed by atoms with van der Waals surface area (Å²) in [7, 11) is 3.37. The number of hydrogen-bond donors (Lipinski definition) is 0. The van der Waals surface area contributed by atoms with E-state index in [1.807, 2.05) is 36.4 Å². The van der Waals surface area contributed by atoms with E-state index < -0.39 is 0 Å². The maximum atomic E-state index is 5.64. The second-order valence-corrected chi connectivity index (χ2v) is 5.49. The highest BCUT2D eigenvalue weighted by molar-refractivity contribution is 9.10. The first-order valence-corrected chi connectivity index (χ1v) is 7.44. The number of para-hydroxylation sites is 1. The van der Waals surface area contributed by atoms with Gasteiger partial charge in [-0.2, -0.15) is 0 Å². The lowest BCUT2D eigenvalue weighted by molar-refractivity contribution is 0.409. The van der Waals surface area contributed by atoms with Crippen molar-refractivity contribution >= 4 is 26.7 Å². The van der Waals surface area contributed by atoms with Crippen LogP contribution < -0.4 is 9.47 Å². The third kappa shape index (κ3) is 2.38. The second kappa shape index (κ2) is 5.78. The van der Waals surface area contributed by atoms with Crippen LogP contribution in [0.1, 0.15) is 0 Å². The van der Waals surface area contributed by atoms with Gasteiger partial charge in [0.25, 0.3) is 0 Å². The molecule has 0 saturated heterocycles. The molecule has 0 unspecified atom stereocenters. The molecule has 2 nitrogen and oxygen atoms in total. The average Bonchev–Trinajstić information content (AvgIpc) is 2.54. The van der Waals surface area contributed by atoms with Crippen molar-refractivity contribution in [1.29, 1.82) is 0 Å². The molecule has 0 aliphatic heterocycles. The van der Waals surface area contributed by atoms with Gasteiger partial charge in [0.05, 0.1) is 18.7 Å². The van der Waals surface area contributed by atoms with Gasteiger partial charge in [0.1, 0.15) is 11.5 Å². The lowest BCUT2D eigenvalue weighted by atomic mass is 9.99. The molecule has 21 heavy (non-hydrogen) atoms. The van der Waals surface area contributed by atoms with Crippen LogP contribution in [0, 0.1) is 0 Å². The van der Waals surface area contributed by atoms with Gasteiger partial charge in [-0.15, -0.1) is 0 Å². The molecule has 0 aromatic heterocycles. The molecule has 3 aromatic rings. The summed E-state index contributed by atoms with van der Waals surface area (Å²) in [5.74, 6) is 1.65. The molecule has 0 spiro atoms. The SMILES string of the molecule is COc1ccccc1-c1cc2ccccc2c(Br)c1OC. The summed E-state index contributed by atoms with van der Waals surface area (Å²) >= 11 is 3.67. The number of hydrogen-bond acceptors (Lipinski definition) is 2. The highest BCUT2D eigenvalue weighted by Crippen LogP contribution is 2.44. The molecule has 0 saturated carbocycles. The van der Waals surface area contributed by atoms with Crippen molar-refractivity contribution in [1.82, 2.24) is 0 Å². The molecule has 0 fully saturated rings. The molecule has 0 radical (unpaired) electrons. The molecule has 3 aromatic carbocycles. The van der Waals surface area contributed by atoms with Crippen molar-refractivity contribution in [2.45, 2.75) is 0 Å². The van der Waals surface area contributed by atoms with E-state index in [1.165, 1.54) is 0 Å². The highest BCUT2D eigenvalue weighted by Gasteiger charge is 2.16. The minimum Gasteiger partial charge on any atom is -0.496 e. The summed E-state index contributed by atoms with van der Waals surface area (Å²) in [4.78, 5) is 0. The van der Waals surface area contributed by atoms with E-state index >= 15 is 0 Å². The Hall–Kier alpha value is -2.00. The van der Waals surface area contributed by atoms with E-state index in [2.05, 4.69) is 34.1 Å². The molecule has 0 bridgehead atoms. The number of rotatable bonds is 3. The van der Waals surface area contributed by atoms with Gasteiger partial charge in [0.15, 0.2) is 0 Å². The predicted molar refractivity (Wildman–Crippen MR) is 90.2 cm³/mol. The van der Waals surface area contributed by atoms with E-state index in [0.717, 1.165) is 37.9 Å². The van der Waals surface area contributed by atoms with Crippen LogP contribution >= 0.6 is 15.9 Å². The first kappa shape index (κ1) is 14.0. The summed E-state index contributed by atoms with van der Waals surface area (Å²) < 4.78 is 12.1. The highest BCUT2D eigenvalue weighted by atomic mass is 79.9. The summed E-state index contributed by atoms with van der Waals surface area (Å²) in [6.07, 6.45) is 0. The molecule has 0 aliphatic carbocycles. The summed E-state index contributed by atoms with van der Waals surface area (Å²) in [5, 5.41) is 2.29. The van der Waals surface area contributed by atoms with Crippen LogP contribution in [0.4, 0.5) is 0 Å². The molecule has 106 valence electrons. The molecule has 0 amide bonds. The fourth-order valence-electron chi connectivity index (χ4n) is 2.55. The number of benzene rings is 3. The van der Waals surface area contributed by atoms with E-state index in [1.54, 1.807) is 14.2 Å². The zero-order chi connectivity index (χ0) is 14.8. The Kier molecular flexibility index (Phi) is 3.84. The van der Waals surface area contributed by atoms with Crippen molar-refractivity contribution in [3.05, 3.63) is 59.1 Å². The molecular weight excluding hydrogens is 328 g/mol. The van der Waals surface area contributed by atoms with E-state index in [-0.39, 0.29) is 0 Å². The van der Waals surface area contributed by atoms with Gasteiger partial charge in [-0.05, 0) is 38.8 Å². The number of halogens is 1. The molecule has 0 aliphatic rings. The zero-order valence-electron chi connectivity index (χ0n) is 11.9. The van der Waals surface area contributed by atoms with Gasteiger partial charge in [0, 0.05) is 11.1 Å². The Morgan fingerprint density at radius 1 is 0.810 bits per heavy atom. The first-order chi connectivity index (χ1) is 10.3. The van der Waals surface area contributed by atoms with E-state index in [9.17, 15) is 0 Å². The second-order valence-electron chi connectivity index (χ2n) is 4.69. The fraction of sp³-hybridized carbons (Fsp3) is 0.111. The lowest BCUT2D eigenvalue weighted by Gasteiger charge is -2.15. The Bertz CT molecular complexity index is 796. The Morgan fingerprint density at radius 3 is 2.29 bits per heavy atom. The van der Waals surface area contributed by atoms with Gasteiger partial charge in [0.2, 0.25) is 0 Å². The molecule has 3 heteroatoms.